The number of non-ortho nitro benzene ring substituents is 1. The number of imidazole rings is 1. The summed E-state index contributed by atoms with van der Waals surface area (Å²) in [6.07, 6.45) is 4.87. The van der Waals surface area contributed by atoms with E-state index in [1.165, 1.54) is 0 Å². The number of benzene rings is 1. The summed E-state index contributed by atoms with van der Waals surface area (Å²) >= 11 is 0. The van der Waals surface area contributed by atoms with E-state index in [9.17, 15) is 15.2 Å². The van der Waals surface area contributed by atoms with E-state index < -0.39 is 6.10 Å². The summed E-state index contributed by atoms with van der Waals surface area (Å²) in [5.74, 6) is 0.947. The average Bonchev–Trinajstić information content (AvgIpc) is 3.01. The zero-order valence-electron chi connectivity index (χ0n) is 13.7. The van der Waals surface area contributed by atoms with E-state index in [1.54, 1.807) is 18.3 Å². The van der Waals surface area contributed by atoms with Gasteiger partial charge in [-0.1, -0.05) is 12.1 Å². The van der Waals surface area contributed by atoms with Gasteiger partial charge in [-0.05, 0) is 37.4 Å². The molecule has 7 heteroatoms. The number of rotatable bonds is 5. The molecule has 1 fully saturated rings. The predicted octanol–water partition coefficient (Wildman–Crippen LogP) is 2.27. The first-order chi connectivity index (χ1) is 11.5. The second-order valence-corrected chi connectivity index (χ2v) is 6.38. The number of likely N-dealkylation sites (tertiary alicyclic amines) is 1. The molecule has 24 heavy (non-hydrogen) atoms. The van der Waals surface area contributed by atoms with Crippen molar-refractivity contribution in [2.75, 3.05) is 13.1 Å². The van der Waals surface area contributed by atoms with E-state index in [1.807, 2.05) is 29.9 Å². The Morgan fingerprint density at radius 2 is 2.00 bits per heavy atom. The lowest BCUT2D eigenvalue weighted by Gasteiger charge is -2.34. The maximum absolute atomic E-state index is 10.7. The number of hydrogen-bond acceptors (Lipinski definition) is 5. The van der Waals surface area contributed by atoms with E-state index in [4.69, 9.17) is 0 Å². The Bertz CT molecular complexity index is 690. The van der Waals surface area contributed by atoms with Crippen LogP contribution in [0.2, 0.25) is 0 Å². The van der Waals surface area contributed by atoms with Crippen LogP contribution in [0.5, 0.6) is 0 Å². The standard InChI is InChI=1S/C17H22N4O3/c1-19-11-8-18-17(19)16(22)14-6-9-20(10-7-14)12-13-2-4-15(5-3-13)21(23)24/h2-5,8,11,14,16,22H,6-7,9-10,12H2,1H3. The van der Waals surface area contributed by atoms with Crippen LogP contribution in [-0.4, -0.2) is 37.6 Å². The number of nitro benzene ring substituents is 1. The molecule has 3 rings (SSSR count). The van der Waals surface area contributed by atoms with Crippen molar-refractivity contribution >= 4 is 5.69 Å². The van der Waals surface area contributed by atoms with Gasteiger partial charge in [0.1, 0.15) is 11.9 Å². The lowest BCUT2D eigenvalue weighted by atomic mass is 9.90. The van der Waals surface area contributed by atoms with Gasteiger partial charge in [0.2, 0.25) is 0 Å². The first-order valence-electron chi connectivity index (χ1n) is 8.15. The van der Waals surface area contributed by atoms with Gasteiger partial charge in [-0.2, -0.15) is 0 Å². The highest BCUT2D eigenvalue weighted by Gasteiger charge is 2.28. The zero-order chi connectivity index (χ0) is 17.1. The van der Waals surface area contributed by atoms with Crippen LogP contribution in [0.1, 0.15) is 30.3 Å². The third-order valence-corrected chi connectivity index (χ3v) is 4.76. The monoisotopic (exact) mass is 330 g/mol. The minimum Gasteiger partial charge on any atom is -0.385 e. The molecule has 1 saturated heterocycles. The van der Waals surface area contributed by atoms with Crippen molar-refractivity contribution in [1.29, 1.82) is 0 Å². The van der Waals surface area contributed by atoms with Crippen LogP contribution in [0.3, 0.4) is 0 Å². The summed E-state index contributed by atoms with van der Waals surface area (Å²) in [7, 11) is 1.90. The molecular weight excluding hydrogens is 308 g/mol. The van der Waals surface area contributed by atoms with Crippen LogP contribution in [-0.2, 0) is 13.6 Å². The lowest BCUT2D eigenvalue weighted by Crippen LogP contribution is -2.35. The first kappa shape index (κ1) is 16.6. The van der Waals surface area contributed by atoms with Crippen molar-refractivity contribution < 1.29 is 10.0 Å². The molecule has 0 spiro atoms. The van der Waals surface area contributed by atoms with Crippen molar-refractivity contribution in [3.63, 3.8) is 0 Å². The number of hydrogen-bond donors (Lipinski definition) is 1. The molecule has 7 nitrogen and oxygen atoms in total. The second kappa shape index (κ2) is 7.11. The third-order valence-electron chi connectivity index (χ3n) is 4.76. The maximum Gasteiger partial charge on any atom is 0.269 e. The SMILES string of the molecule is Cn1ccnc1C(O)C1CCN(Cc2ccc([N+](=O)[O-])cc2)CC1. The maximum atomic E-state index is 10.7. The summed E-state index contributed by atoms with van der Waals surface area (Å²) in [6, 6.07) is 6.72. The second-order valence-electron chi connectivity index (χ2n) is 6.38. The normalized spacial score (nSPS) is 17.8. The fraction of sp³-hybridized carbons (Fsp3) is 0.471. The molecule has 128 valence electrons. The van der Waals surface area contributed by atoms with Crippen LogP contribution in [0.4, 0.5) is 5.69 Å². The molecular formula is C17H22N4O3. The topological polar surface area (TPSA) is 84.4 Å². The highest BCUT2D eigenvalue weighted by atomic mass is 16.6. The molecule has 1 aromatic heterocycles. The number of nitrogens with zero attached hydrogens (tertiary/aromatic N) is 4. The van der Waals surface area contributed by atoms with Gasteiger partial charge in [-0.3, -0.25) is 15.0 Å². The van der Waals surface area contributed by atoms with Crippen LogP contribution < -0.4 is 0 Å². The number of aryl methyl sites for hydroxylation is 1. The smallest absolute Gasteiger partial charge is 0.269 e. The molecule has 0 bridgehead atoms. The Labute approximate surface area is 140 Å². The van der Waals surface area contributed by atoms with Gasteiger partial charge in [0.05, 0.1) is 4.92 Å². The summed E-state index contributed by atoms with van der Waals surface area (Å²) in [5, 5.41) is 21.2. The van der Waals surface area contributed by atoms with E-state index >= 15 is 0 Å². The van der Waals surface area contributed by atoms with E-state index in [2.05, 4.69) is 9.88 Å². The van der Waals surface area contributed by atoms with Crippen LogP contribution >= 0.6 is 0 Å². The highest BCUT2D eigenvalue weighted by Crippen LogP contribution is 2.30. The minimum atomic E-state index is -0.522. The van der Waals surface area contributed by atoms with Crippen molar-refractivity contribution in [3.8, 4) is 0 Å². The van der Waals surface area contributed by atoms with Crippen molar-refractivity contribution in [2.45, 2.75) is 25.5 Å². The Balaban J connectivity index is 1.53. The number of aliphatic hydroxyl groups excluding tert-OH is 1. The van der Waals surface area contributed by atoms with Crippen LogP contribution in [0.15, 0.2) is 36.7 Å². The molecule has 1 N–H and O–H groups in total. The molecule has 0 radical (unpaired) electrons. The number of nitro groups is 1. The summed E-state index contributed by atoms with van der Waals surface area (Å²) in [4.78, 5) is 16.9. The quantitative estimate of drug-likeness (QED) is 0.671. The van der Waals surface area contributed by atoms with Gasteiger partial charge in [0.15, 0.2) is 0 Å². The van der Waals surface area contributed by atoms with Gasteiger partial charge in [-0.15, -0.1) is 0 Å². The van der Waals surface area contributed by atoms with E-state index in [0.717, 1.165) is 43.9 Å². The van der Waals surface area contributed by atoms with Gasteiger partial charge >= 0.3 is 0 Å². The molecule has 0 aliphatic carbocycles. The van der Waals surface area contributed by atoms with Crippen molar-refractivity contribution in [2.24, 2.45) is 13.0 Å². The molecule has 1 aromatic carbocycles. The predicted molar refractivity (Wildman–Crippen MR) is 89.3 cm³/mol. The Morgan fingerprint density at radius 1 is 1.33 bits per heavy atom. The van der Waals surface area contributed by atoms with Gasteiger partial charge in [-0.25, -0.2) is 4.98 Å². The minimum absolute atomic E-state index is 0.121. The molecule has 2 aromatic rings. The largest absolute Gasteiger partial charge is 0.385 e. The molecule has 1 aliphatic rings. The molecule has 0 saturated carbocycles. The van der Waals surface area contributed by atoms with Gasteiger partial charge in [0, 0.05) is 38.1 Å². The Kier molecular flexibility index (Phi) is 4.92. The van der Waals surface area contributed by atoms with Gasteiger partial charge < -0.3 is 9.67 Å². The first-order valence-corrected chi connectivity index (χ1v) is 8.15. The van der Waals surface area contributed by atoms with Gasteiger partial charge in [0.25, 0.3) is 5.69 Å². The van der Waals surface area contributed by atoms with Crippen LogP contribution in [0.25, 0.3) is 0 Å². The molecule has 2 heterocycles. The summed E-state index contributed by atoms with van der Waals surface area (Å²) in [6.45, 7) is 2.59. The molecule has 1 unspecified atom stereocenters. The third kappa shape index (κ3) is 3.63. The molecule has 0 amide bonds. The molecule has 1 aliphatic heterocycles. The Hall–Kier alpha value is -2.25. The summed E-state index contributed by atoms with van der Waals surface area (Å²) in [5.41, 5.74) is 1.19. The number of aliphatic hydroxyl groups is 1. The Morgan fingerprint density at radius 3 is 2.54 bits per heavy atom. The van der Waals surface area contributed by atoms with Crippen molar-refractivity contribution in [3.05, 3.63) is 58.2 Å². The van der Waals surface area contributed by atoms with Crippen molar-refractivity contribution in [1.82, 2.24) is 14.5 Å². The number of aromatic nitrogens is 2. The highest BCUT2D eigenvalue weighted by molar-refractivity contribution is 5.32. The number of piperidine rings is 1. The zero-order valence-corrected chi connectivity index (χ0v) is 13.7. The van der Waals surface area contributed by atoms with E-state index in [0.29, 0.717) is 0 Å². The average molecular weight is 330 g/mol. The fourth-order valence-corrected chi connectivity index (χ4v) is 3.28. The lowest BCUT2D eigenvalue weighted by molar-refractivity contribution is -0.384. The van der Waals surface area contributed by atoms with Crippen LogP contribution in [0, 0.1) is 16.0 Å². The summed E-state index contributed by atoms with van der Waals surface area (Å²) < 4.78 is 1.87. The molecule has 1 atom stereocenters. The fourth-order valence-electron chi connectivity index (χ4n) is 3.28. The van der Waals surface area contributed by atoms with E-state index in [-0.39, 0.29) is 16.5 Å².